The van der Waals surface area contributed by atoms with E-state index in [1.54, 1.807) is 0 Å². The van der Waals surface area contributed by atoms with Crippen molar-refractivity contribution in [3.05, 3.63) is 0 Å². The molecule has 0 atom stereocenters. The van der Waals surface area contributed by atoms with Crippen LogP contribution in [0.2, 0.25) is 0 Å². The summed E-state index contributed by atoms with van der Waals surface area (Å²) in [6, 6.07) is 0. The minimum absolute atomic E-state index is 0.142. The Bertz CT molecular complexity index is 233. The summed E-state index contributed by atoms with van der Waals surface area (Å²) in [5.41, 5.74) is -0.142. The molecule has 76 valence electrons. The normalized spacial score (nSPS) is 19.4. The highest BCUT2D eigenvalue weighted by Gasteiger charge is 2.37. The van der Waals surface area contributed by atoms with Gasteiger partial charge in [0.05, 0.1) is 5.54 Å². The van der Waals surface area contributed by atoms with Gasteiger partial charge in [-0.2, -0.15) is 10.5 Å². The second-order valence-electron chi connectivity index (χ2n) is 4.07. The largest absolute Gasteiger partial charge is 0.209 e. The Morgan fingerprint density at radius 2 is 1.71 bits per heavy atom. The molecule has 0 heterocycles. The molecule has 0 aromatic rings. The summed E-state index contributed by atoms with van der Waals surface area (Å²) in [6.45, 7) is 2.11. The summed E-state index contributed by atoms with van der Waals surface area (Å²) >= 11 is 0. The van der Waals surface area contributed by atoms with Gasteiger partial charge in [0.2, 0.25) is 0 Å². The van der Waals surface area contributed by atoms with Crippen LogP contribution in [0.15, 0.2) is 0 Å². The van der Waals surface area contributed by atoms with Crippen LogP contribution < -0.4 is 0 Å². The van der Waals surface area contributed by atoms with Gasteiger partial charge >= 0.3 is 0 Å². The molecule has 0 aromatic carbocycles. The first-order valence-electron chi connectivity index (χ1n) is 5.39. The van der Waals surface area contributed by atoms with Crippen molar-refractivity contribution in [3.63, 3.8) is 0 Å². The first-order valence-corrected chi connectivity index (χ1v) is 5.39. The molecule has 0 bridgehead atoms. The third kappa shape index (κ3) is 1.99. The van der Waals surface area contributed by atoms with E-state index in [1.165, 1.54) is 11.3 Å². The van der Waals surface area contributed by atoms with Gasteiger partial charge in [-0.15, -0.1) is 0 Å². The lowest BCUT2D eigenvalue weighted by Gasteiger charge is -2.39. The second-order valence-corrected chi connectivity index (χ2v) is 4.07. The van der Waals surface area contributed by atoms with Crippen LogP contribution in [-0.4, -0.2) is 10.4 Å². The molecule has 0 unspecified atom stereocenters. The van der Waals surface area contributed by atoms with Crippen molar-refractivity contribution < 1.29 is 0 Å². The van der Waals surface area contributed by atoms with E-state index < -0.39 is 0 Å². The maximum absolute atomic E-state index is 8.92. The lowest BCUT2D eigenvalue weighted by atomic mass is 9.77. The number of rotatable bonds is 3. The Morgan fingerprint density at radius 3 is 2.14 bits per heavy atom. The Kier molecular flexibility index (Phi) is 3.77. The highest BCUT2D eigenvalue weighted by atomic mass is 15.2. The number of hydrogen-bond donors (Lipinski definition) is 0. The van der Waals surface area contributed by atoms with Crippen LogP contribution in [0.3, 0.4) is 0 Å². The predicted molar refractivity (Wildman–Crippen MR) is 53.8 cm³/mol. The quantitative estimate of drug-likeness (QED) is 0.509. The van der Waals surface area contributed by atoms with Crippen molar-refractivity contribution >= 4 is 0 Å². The van der Waals surface area contributed by atoms with E-state index in [9.17, 15) is 0 Å². The number of hydrogen-bond acceptors (Lipinski definition) is 3. The first-order chi connectivity index (χ1) is 6.79. The van der Waals surface area contributed by atoms with Crippen molar-refractivity contribution in [3.8, 4) is 12.4 Å². The predicted octanol–water partition coefficient (Wildman–Crippen LogP) is 2.75. The summed E-state index contributed by atoms with van der Waals surface area (Å²) in [6.07, 6.45) is 11.6. The van der Waals surface area contributed by atoms with Crippen LogP contribution >= 0.6 is 0 Å². The molecule has 0 saturated heterocycles. The topological polar surface area (TPSA) is 50.8 Å². The Morgan fingerprint density at radius 1 is 1.14 bits per heavy atom. The van der Waals surface area contributed by atoms with Crippen LogP contribution in [0.4, 0.5) is 0 Å². The molecule has 0 radical (unpaired) electrons. The van der Waals surface area contributed by atoms with E-state index in [-0.39, 0.29) is 5.54 Å². The van der Waals surface area contributed by atoms with E-state index in [2.05, 4.69) is 6.92 Å². The van der Waals surface area contributed by atoms with Gasteiger partial charge in [-0.3, -0.25) is 0 Å². The molecule has 14 heavy (non-hydrogen) atoms. The fourth-order valence-electron chi connectivity index (χ4n) is 2.50. The second kappa shape index (κ2) is 4.86. The molecule has 0 aromatic heterocycles. The number of nitriles is 2. The van der Waals surface area contributed by atoms with Crippen molar-refractivity contribution in [1.82, 2.24) is 4.90 Å². The molecular weight excluding hydrogens is 174 g/mol. The van der Waals surface area contributed by atoms with E-state index in [1.807, 2.05) is 12.4 Å². The Balaban J connectivity index is 2.80. The molecule has 1 saturated carbocycles. The van der Waals surface area contributed by atoms with Crippen LogP contribution in [0.5, 0.6) is 0 Å². The van der Waals surface area contributed by atoms with Crippen molar-refractivity contribution in [1.29, 1.82) is 10.5 Å². The average Bonchev–Trinajstić information content (AvgIpc) is 2.21. The van der Waals surface area contributed by atoms with E-state index in [4.69, 9.17) is 10.5 Å². The van der Waals surface area contributed by atoms with Gasteiger partial charge in [0.25, 0.3) is 0 Å². The minimum atomic E-state index is -0.142. The zero-order chi connectivity index (χ0) is 10.4. The minimum Gasteiger partial charge on any atom is -0.209 e. The Labute approximate surface area is 85.9 Å². The highest BCUT2D eigenvalue weighted by Crippen LogP contribution is 2.36. The van der Waals surface area contributed by atoms with E-state index in [0.29, 0.717) is 0 Å². The molecule has 0 N–H and O–H groups in total. The summed E-state index contributed by atoms with van der Waals surface area (Å²) in [5, 5.41) is 17.8. The molecule has 0 spiro atoms. The monoisotopic (exact) mass is 191 g/mol. The van der Waals surface area contributed by atoms with Crippen molar-refractivity contribution in [2.24, 2.45) is 0 Å². The third-order valence-corrected chi connectivity index (χ3v) is 3.17. The standard InChI is InChI=1S/C11H17N3/c1-2-6-11(14(9-12)10-13)7-4-3-5-8-11/h2-8H2,1H3. The van der Waals surface area contributed by atoms with Gasteiger partial charge in [0, 0.05) is 0 Å². The summed E-state index contributed by atoms with van der Waals surface area (Å²) in [5.74, 6) is 0. The van der Waals surface area contributed by atoms with E-state index in [0.717, 1.165) is 38.5 Å². The number of nitrogens with zero attached hydrogens (tertiary/aromatic N) is 3. The zero-order valence-electron chi connectivity index (χ0n) is 8.79. The maximum Gasteiger partial charge on any atom is 0.194 e. The summed E-state index contributed by atoms with van der Waals surface area (Å²) < 4.78 is 0. The summed E-state index contributed by atoms with van der Waals surface area (Å²) in [7, 11) is 0. The molecule has 1 fully saturated rings. The molecule has 1 rings (SSSR count). The average molecular weight is 191 g/mol. The molecule has 3 heteroatoms. The van der Waals surface area contributed by atoms with Crippen LogP contribution in [0, 0.1) is 22.9 Å². The molecule has 0 aliphatic heterocycles. The van der Waals surface area contributed by atoms with Crippen LogP contribution in [0.25, 0.3) is 0 Å². The van der Waals surface area contributed by atoms with E-state index >= 15 is 0 Å². The zero-order valence-corrected chi connectivity index (χ0v) is 8.79. The third-order valence-electron chi connectivity index (χ3n) is 3.17. The van der Waals surface area contributed by atoms with Gasteiger partial charge in [-0.05, 0) is 19.3 Å². The van der Waals surface area contributed by atoms with Gasteiger partial charge in [-0.1, -0.05) is 32.6 Å². The fraction of sp³-hybridized carbons (Fsp3) is 0.818. The van der Waals surface area contributed by atoms with Crippen molar-refractivity contribution in [2.45, 2.75) is 57.4 Å². The first kappa shape index (κ1) is 10.9. The fourth-order valence-corrected chi connectivity index (χ4v) is 2.50. The lowest BCUT2D eigenvalue weighted by Crippen LogP contribution is -2.44. The molecular formula is C11H17N3. The van der Waals surface area contributed by atoms with Crippen LogP contribution in [-0.2, 0) is 0 Å². The highest BCUT2D eigenvalue weighted by molar-refractivity contribution is 5.04. The van der Waals surface area contributed by atoms with Gasteiger partial charge in [0.15, 0.2) is 12.4 Å². The molecule has 3 nitrogen and oxygen atoms in total. The van der Waals surface area contributed by atoms with Gasteiger partial charge < -0.3 is 0 Å². The smallest absolute Gasteiger partial charge is 0.194 e. The Hall–Kier alpha value is -1.22. The molecule has 0 amide bonds. The summed E-state index contributed by atoms with van der Waals surface area (Å²) in [4.78, 5) is 1.33. The van der Waals surface area contributed by atoms with Gasteiger partial charge in [-0.25, -0.2) is 4.90 Å². The van der Waals surface area contributed by atoms with Crippen molar-refractivity contribution in [2.75, 3.05) is 0 Å². The van der Waals surface area contributed by atoms with Gasteiger partial charge in [0.1, 0.15) is 0 Å². The maximum atomic E-state index is 8.92. The molecule has 1 aliphatic carbocycles. The molecule has 1 aliphatic rings. The SMILES string of the molecule is CCCC1(N(C#N)C#N)CCCCC1. The lowest BCUT2D eigenvalue weighted by molar-refractivity contribution is 0.140. The van der Waals surface area contributed by atoms with Crippen LogP contribution in [0.1, 0.15) is 51.9 Å².